The van der Waals surface area contributed by atoms with E-state index in [2.05, 4.69) is 0 Å². The van der Waals surface area contributed by atoms with Crippen molar-refractivity contribution in [3.63, 3.8) is 0 Å². The average Bonchev–Trinajstić information content (AvgIpc) is 3.28. The van der Waals surface area contributed by atoms with Crippen LogP contribution in [0.15, 0.2) is 48.7 Å². The first-order valence-electron chi connectivity index (χ1n) is 8.48. The molecule has 134 valence electrons. The summed E-state index contributed by atoms with van der Waals surface area (Å²) < 4.78 is 9.01. The maximum atomic E-state index is 13.1. The van der Waals surface area contributed by atoms with E-state index < -0.39 is 0 Å². The lowest BCUT2D eigenvalue weighted by atomic mass is 10.2. The van der Waals surface area contributed by atoms with Gasteiger partial charge in [0.05, 0.1) is 24.6 Å². The highest BCUT2D eigenvalue weighted by atomic mass is 35.5. The SMILES string of the molecule is Cn1cccc1-c1cc(C(=O)N2CCOCC2)n(-c2cccc(Cl)c2)n1. The van der Waals surface area contributed by atoms with Gasteiger partial charge in [-0.15, -0.1) is 0 Å². The summed E-state index contributed by atoms with van der Waals surface area (Å²) in [6.07, 6.45) is 1.96. The molecule has 1 aromatic carbocycles. The summed E-state index contributed by atoms with van der Waals surface area (Å²) in [5.41, 5.74) is 2.97. The van der Waals surface area contributed by atoms with Crippen molar-refractivity contribution in [3.8, 4) is 17.1 Å². The molecule has 3 aromatic rings. The van der Waals surface area contributed by atoms with Crippen molar-refractivity contribution < 1.29 is 9.53 Å². The van der Waals surface area contributed by atoms with Crippen molar-refractivity contribution in [2.75, 3.05) is 26.3 Å². The van der Waals surface area contributed by atoms with Crippen LogP contribution in [0.1, 0.15) is 10.5 Å². The number of aromatic nitrogens is 3. The lowest BCUT2D eigenvalue weighted by molar-refractivity contribution is 0.0297. The predicted octanol–water partition coefficient (Wildman–Crippen LogP) is 3.00. The van der Waals surface area contributed by atoms with Crippen molar-refractivity contribution >= 4 is 17.5 Å². The average molecular weight is 371 g/mol. The van der Waals surface area contributed by atoms with Crippen molar-refractivity contribution in [3.05, 3.63) is 59.4 Å². The maximum absolute atomic E-state index is 13.1. The summed E-state index contributed by atoms with van der Waals surface area (Å²) in [6.45, 7) is 2.28. The smallest absolute Gasteiger partial charge is 0.272 e. The molecule has 0 atom stereocenters. The molecule has 0 bridgehead atoms. The Morgan fingerprint density at radius 1 is 1.15 bits per heavy atom. The van der Waals surface area contributed by atoms with Gasteiger partial charge in [-0.05, 0) is 36.4 Å². The van der Waals surface area contributed by atoms with Gasteiger partial charge in [0, 0.05) is 31.4 Å². The van der Waals surface area contributed by atoms with Crippen LogP contribution in [-0.2, 0) is 11.8 Å². The Morgan fingerprint density at radius 2 is 1.96 bits per heavy atom. The minimum atomic E-state index is -0.0544. The number of amides is 1. The highest BCUT2D eigenvalue weighted by Gasteiger charge is 2.24. The lowest BCUT2D eigenvalue weighted by Crippen LogP contribution is -2.41. The van der Waals surface area contributed by atoms with Crippen molar-refractivity contribution in [1.29, 1.82) is 0 Å². The molecule has 0 aliphatic carbocycles. The van der Waals surface area contributed by atoms with Crippen LogP contribution >= 0.6 is 11.6 Å². The minimum absolute atomic E-state index is 0.0544. The van der Waals surface area contributed by atoms with Crippen molar-refractivity contribution in [2.24, 2.45) is 7.05 Å². The van der Waals surface area contributed by atoms with E-state index in [1.165, 1.54) is 0 Å². The Balaban J connectivity index is 1.81. The van der Waals surface area contributed by atoms with E-state index >= 15 is 0 Å². The second-order valence-corrected chi connectivity index (χ2v) is 6.65. The molecule has 1 fully saturated rings. The summed E-state index contributed by atoms with van der Waals surface area (Å²) in [5.74, 6) is -0.0544. The van der Waals surface area contributed by atoms with E-state index in [-0.39, 0.29) is 5.91 Å². The number of carbonyl (C=O) groups is 1. The monoisotopic (exact) mass is 370 g/mol. The fourth-order valence-corrected chi connectivity index (χ4v) is 3.30. The van der Waals surface area contributed by atoms with Gasteiger partial charge in [-0.2, -0.15) is 5.10 Å². The van der Waals surface area contributed by atoms with E-state index in [9.17, 15) is 4.79 Å². The number of nitrogens with zero attached hydrogens (tertiary/aromatic N) is 4. The molecule has 0 radical (unpaired) electrons. The molecule has 0 spiro atoms. The molecule has 0 saturated carbocycles. The number of morpholine rings is 1. The van der Waals surface area contributed by atoms with Crippen LogP contribution in [-0.4, -0.2) is 51.5 Å². The molecule has 0 unspecified atom stereocenters. The molecule has 3 heterocycles. The Hall–Kier alpha value is -2.57. The third kappa shape index (κ3) is 3.13. The molecular weight excluding hydrogens is 352 g/mol. The molecule has 4 rings (SSSR count). The predicted molar refractivity (Wildman–Crippen MR) is 99.7 cm³/mol. The Labute approximate surface area is 156 Å². The van der Waals surface area contributed by atoms with Gasteiger partial charge in [-0.25, -0.2) is 4.68 Å². The van der Waals surface area contributed by atoms with E-state index in [1.54, 1.807) is 21.7 Å². The van der Waals surface area contributed by atoms with Gasteiger partial charge in [0.25, 0.3) is 5.91 Å². The second-order valence-electron chi connectivity index (χ2n) is 6.22. The number of rotatable bonds is 3. The largest absolute Gasteiger partial charge is 0.378 e. The van der Waals surface area contributed by atoms with Crippen LogP contribution in [0.2, 0.25) is 5.02 Å². The zero-order chi connectivity index (χ0) is 18.1. The molecule has 1 saturated heterocycles. The molecule has 6 nitrogen and oxygen atoms in total. The molecule has 1 amide bonds. The van der Waals surface area contributed by atoms with E-state index in [0.717, 1.165) is 17.1 Å². The number of carbonyl (C=O) groups excluding carboxylic acids is 1. The van der Waals surface area contributed by atoms with Crippen LogP contribution in [0.25, 0.3) is 17.1 Å². The topological polar surface area (TPSA) is 52.3 Å². The Kier molecular flexibility index (Phi) is 4.53. The number of benzene rings is 1. The third-order valence-electron chi connectivity index (χ3n) is 4.49. The summed E-state index contributed by atoms with van der Waals surface area (Å²) in [4.78, 5) is 14.9. The van der Waals surface area contributed by atoms with Crippen molar-refractivity contribution in [1.82, 2.24) is 19.2 Å². The zero-order valence-electron chi connectivity index (χ0n) is 14.4. The summed E-state index contributed by atoms with van der Waals surface area (Å²) in [6, 6.07) is 13.1. The first kappa shape index (κ1) is 16.9. The summed E-state index contributed by atoms with van der Waals surface area (Å²) in [7, 11) is 1.96. The molecule has 1 aliphatic heterocycles. The van der Waals surface area contributed by atoms with Gasteiger partial charge in [0.15, 0.2) is 0 Å². The Bertz CT molecular complexity index is 941. The van der Waals surface area contributed by atoms with E-state index in [0.29, 0.717) is 37.0 Å². The Morgan fingerprint density at radius 3 is 2.65 bits per heavy atom. The normalized spacial score (nSPS) is 14.6. The quantitative estimate of drug-likeness (QED) is 0.712. The minimum Gasteiger partial charge on any atom is -0.378 e. The summed E-state index contributed by atoms with van der Waals surface area (Å²) >= 11 is 6.15. The number of hydrogen-bond donors (Lipinski definition) is 0. The number of halogens is 1. The van der Waals surface area contributed by atoms with Crippen LogP contribution in [0, 0.1) is 0 Å². The van der Waals surface area contributed by atoms with Gasteiger partial charge >= 0.3 is 0 Å². The first-order valence-corrected chi connectivity index (χ1v) is 8.86. The molecule has 1 aliphatic rings. The second kappa shape index (κ2) is 6.97. The third-order valence-corrected chi connectivity index (χ3v) is 4.72. The van der Waals surface area contributed by atoms with Crippen LogP contribution in [0.3, 0.4) is 0 Å². The molecule has 2 aromatic heterocycles. The number of hydrogen-bond acceptors (Lipinski definition) is 3. The lowest BCUT2D eigenvalue weighted by Gasteiger charge is -2.26. The van der Waals surface area contributed by atoms with E-state index in [1.807, 2.05) is 48.1 Å². The van der Waals surface area contributed by atoms with Gasteiger partial charge in [0.1, 0.15) is 11.4 Å². The maximum Gasteiger partial charge on any atom is 0.272 e. The van der Waals surface area contributed by atoms with Crippen LogP contribution in [0.4, 0.5) is 0 Å². The molecule has 26 heavy (non-hydrogen) atoms. The van der Waals surface area contributed by atoms with Crippen LogP contribution < -0.4 is 0 Å². The summed E-state index contributed by atoms with van der Waals surface area (Å²) in [5, 5.41) is 5.30. The molecule has 7 heteroatoms. The number of aryl methyl sites for hydroxylation is 1. The highest BCUT2D eigenvalue weighted by molar-refractivity contribution is 6.30. The zero-order valence-corrected chi connectivity index (χ0v) is 15.2. The van der Waals surface area contributed by atoms with Gasteiger partial charge < -0.3 is 14.2 Å². The standard InChI is InChI=1S/C19H19ClN4O2/c1-22-7-3-6-17(22)16-13-18(19(25)23-8-10-26-11-9-23)24(21-16)15-5-2-4-14(20)12-15/h2-7,12-13H,8-11H2,1H3. The van der Waals surface area contributed by atoms with Crippen molar-refractivity contribution in [2.45, 2.75) is 0 Å². The van der Waals surface area contributed by atoms with Crippen LogP contribution in [0.5, 0.6) is 0 Å². The first-order chi connectivity index (χ1) is 12.6. The fourth-order valence-electron chi connectivity index (χ4n) is 3.12. The number of ether oxygens (including phenoxy) is 1. The van der Waals surface area contributed by atoms with Gasteiger partial charge in [-0.3, -0.25) is 4.79 Å². The highest BCUT2D eigenvalue weighted by Crippen LogP contribution is 2.24. The van der Waals surface area contributed by atoms with E-state index in [4.69, 9.17) is 21.4 Å². The van der Waals surface area contributed by atoms with Gasteiger partial charge in [-0.1, -0.05) is 17.7 Å². The molecular formula is C19H19ClN4O2. The molecule has 0 N–H and O–H groups in total. The van der Waals surface area contributed by atoms with Gasteiger partial charge in [0.2, 0.25) is 0 Å². The fraction of sp³-hybridized carbons (Fsp3) is 0.263.